The summed E-state index contributed by atoms with van der Waals surface area (Å²) in [7, 11) is 0. The molecule has 1 fully saturated rings. The van der Waals surface area contributed by atoms with E-state index in [1.54, 1.807) is 12.1 Å². The summed E-state index contributed by atoms with van der Waals surface area (Å²) in [5, 5.41) is 9.66. The van der Waals surface area contributed by atoms with Gasteiger partial charge >= 0.3 is 5.97 Å². The van der Waals surface area contributed by atoms with E-state index < -0.39 is 12.0 Å². The maximum Gasteiger partial charge on any atom is 0.320 e. The standard InChI is InChI=1S/C20H23FN2O2/c1-2-14-6-11-17(22-13-14)19(15-7-9-16(21)10-8-15)23-12-4-3-5-18(23)20(24)25/h6-11,13,18-19H,2-5,12H2,1H3,(H,24,25). The molecule has 0 amide bonds. The van der Waals surface area contributed by atoms with Crippen LogP contribution < -0.4 is 0 Å². The number of pyridine rings is 1. The fourth-order valence-electron chi connectivity index (χ4n) is 3.51. The Morgan fingerprint density at radius 3 is 2.64 bits per heavy atom. The zero-order valence-corrected chi connectivity index (χ0v) is 14.4. The number of aliphatic carboxylic acids is 1. The smallest absolute Gasteiger partial charge is 0.320 e. The number of halogens is 1. The highest BCUT2D eigenvalue weighted by Gasteiger charge is 2.35. The van der Waals surface area contributed by atoms with Crippen molar-refractivity contribution in [1.82, 2.24) is 9.88 Å². The molecule has 4 nitrogen and oxygen atoms in total. The fourth-order valence-corrected chi connectivity index (χ4v) is 3.51. The first-order chi connectivity index (χ1) is 12.1. The Labute approximate surface area is 147 Å². The Morgan fingerprint density at radius 1 is 1.28 bits per heavy atom. The van der Waals surface area contributed by atoms with Crippen LogP contribution in [0.25, 0.3) is 0 Å². The first-order valence-electron chi connectivity index (χ1n) is 8.79. The van der Waals surface area contributed by atoms with Gasteiger partial charge in [0.2, 0.25) is 0 Å². The normalized spacial score (nSPS) is 19.5. The van der Waals surface area contributed by atoms with Crippen molar-refractivity contribution in [3.8, 4) is 0 Å². The maximum atomic E-state index is 13.4. The molecule has 5 heteroatoms. The number of carboxylic acids is 1. The van der Waals surface area contributed by atoms with E-state index in [1.807, 2.05) is 23.2 Å². The van der Waals surface area contributed by atoms with Crippen LogP contribution in [-0.4, -0.2) is 33.5 Å². The third-order valence-electron chi connectivity index (χ3n) is 4.88. The molecule has 132 valence electrons. The number of rotatable bonds is 5. The molecule has 1 aliphatic heterocycles. The quantitative estimate of drug-likeness (QED) is 0.898. The minimum absolute atomic E-state index is 0.284. The van der Waals surface area contributed by atoms with Crippen LogP contribution in [0.1, 0.15) is 49.0 Å². The molecule has 1 aromatic carbocycles. The Kier molecular flexibility index (Phi) is 5.43. The average Bonchev–Trinajstić information content (AvgIpc) is 2.64. The predicted octanol–water partition coefficient (Wildman–Crippen LogP) is 3.81. The summed E-state index contributed by atoms with van der Waals surface area (Å²) in [4.78, 5) is 18.3. The molecule has 0 saturated carbocycles. The van der Waals surface area contributed by atoms with E-state index in [9.17, 15) is 14.3 Å². The number of hydrogen-bond donors (Lipinski definition) is 1. The first kappa shape index (κ1) is 17.5. The van der Waals surface area contributed by atoms with Gasteiger partial charge in [-0.25, -0.2) is 4.39 Å². The van der Waals surface area contributed by atoms with Gasteiger partial charge in [0.25, 0.3) is 0 Å². The number of piperidine rings is 1. The number of benzene rings is 1. The summed E-state index contributed by atoms with van der Waals surface area (Å²) in [6.45, 7) is 2.76. The van der Waals surface area contributed by atoms with Crippen LogP contribution in [0.3, 0.4) is 0 Å². The van der Waals surface area contributed by atoms with E-state index in [1.165, 1.54) is 12.1 Å². The summed E-state index contributed by atoms with van der Waals surface area (Å²) in [5.74, 6) is -1.11. The van der Waals surface area contributed by atoms with Crippen molar-refractivity contribution in [1.29, 1.82) is 0 Å². The largest absolute Gasteiger partial charge is 0.480 e. The van der Waals surface area contributed by atoms with Crippen LogP contribution in [0.4, 0.5) is 4.39 Å². The van der Waals surface area contributed by atoms with Crippen molar-refractivity contribution in [3.05, 3.63) is 65.2 Å². The predicted molar refractivity (Wildman–Crippen MR) is 93.8 cm³/mol. The van der Waals surface area contributed by atoms with Gasteiger partial charge in [0.05, 0.1) is 11.7 Å². The van der Waals surface area contributed by atoms with Gasteiger partial charge < -0.3 is 5.11 Å². The molecule has 0 radical (unpaired) electrons. The molecular formula is C20H23FN2O2. The van der Waals surface area contributed by atoms with E-state index in [-0.39, 0.29) is 11.9 Å². The van der Waals surface area contributed by atoms with E-state index in [0.717, 1.165) is 36.1 Å². The van der Waals surface area contributed by atoms with Crippen molar-refractivity contribution >= 4 is 5.97 Å². The van der Waals surface area contributed by atoms with E-state index in [0.29, 0.717) is 13.0 Å². The lowest BCUT2D eigenvalue weighted by atomic mass is 9.94. The molecule has 1 saturated heterocycles. The minimum atomic E-state index is -0.808. The van der Waals surface area contributed by atoms with Gasteiger partial charge in [-0.05, 0) is 55.1 Å². The monoisotopic (exact) mass is 342 g/mol. The third kappa shape index (κ3) is 3.87. The lowest BCUT2D eigenvalue weighted by Crippen LogP contribution is -2.47. The van der Waals surface area contributed by atoms with Crippen LogP contribution in [0.2, 0.25) is 0 Å². The van der Waals surface area contributed by atoms with Crippen molar-refractivity contribution < 1.29 is 14.3 Å². The number of hydrogen-bond acceptors (Lipinski definition) is 3. The Balaban J connectivity index is 2.03. The van der Waals surface area contributed by atoms with Gasteiger partial charge in [-0.15, -0.1) is 0 Å². The van der Waals surface area contributed by atoms with E-state index in [2.05, 4.69) is 11.9 Å². The SMILES string of the molecule is CCc1ccc(C(c2ccc(F)cc2)N2CCCCC2C(=O)O)nc1. The van der Waals surface area contributed by atoms with Crippen LogP contribution in [0.5, 0.6) is 0 Å². The zero-order chi connectivity index (χ0) is 17.8. The fraction of sp³-hybridized carbons (Fsp3) is 0.400. The summed E-state index contributed by atoms with van der Waals surface area (Å²) in [6, 6.07) is 9.44. The summed E-state index contributed by atoms with van der Waals surface area (Å²) in [5.41, 5.74) is 2.80. The number of likely N-dealkylation sites (tertiary alicyclic amines) is 1. The molecule has 25 heavy (non-hydrogen) atoms. The number of nitrogens with zero attached hydrogens (tertiary/aromatic N) is 2. The second-order valence-corrected chi connectivity index (χ2v) is 6.49. The van der Waals surface area contributed by atoms with Gasteiger partial charge in [0.1, 0.15) is 11.9 Å². The van der Waals surface area contributed by atoms with Crippen molar-refractivity contribution in [2.45, 2.75) is 44.7 Å². The molecule has 2 aromatic rings. The molecule has 2 heterocycles. The molecule has 3 rings (SSSR count). The van der Waals surface area contributed by atoms with Gasteiger partial charge in [0.15, 0.2) is 0 Å². The van der Waals surface area contributed by atoms with Gasteiger partial charge in [0, 0.05) is 6.20 Å². The Bertz CT molecular complexity index is 715. The highest BCUT2D eigenvalue weighted by molar-refractivity contribution is 5.73. The van der Waals surface area contributed by atoms with E-state index in [4.69, 9.17) is 0 Å². The topological polar surface area (TPSA) is 53.4 Å². The van der Waals surface area contributed by atoms with Crippen molar-refractivity contribution in [3.63, 3.8) is 0 Å². The lowest BCUT2D eigenvalue weighted by molar-refractivity contribution is -0.145. The highest BCUT2D eigenvalue weighted by Crippen LogP contribution is 2.33. The van der Waals surface area contributed by atoms with Gasteiger partial charge in [-0.2, -0.15) is 0 Å². The highest BCUT2D eigenvalue weighted by atomic mass is 19.1. The Morgan fingerprint density at radius 2 is 2.04 bits per heavy atom. The molecule has 2 unspecified atom stereocenters. The molecule has 0 bridgehead atoms. The maximum absolute atomic E-state index is 13.4. The summed E-state index contributed by atoms with van der Waals surface area (Å²) < 4.78 is 13.4. The number of carbonyl (C=O) groups is 1. The zero-order valence-electron chi connectivity index (χ0n) is 14.4. The molecule has 0 aliphatic carbocycles. The van der Waals surface area contributed by atoms with Crippen molar-refractivity contribution in [2.24, 2.45) is 0 Å². The number of carboxylic acid groups (broad SMARTS) is 1. The molecule has 0 spiro atoms. The lowest BCUT2D eigenvalue weighted by Gasteiger charge is -2.39. The molecule has 2 atom stereocenters. The summed E-state index contributed by atoms with van der Waals surface area (Å²) >= 11 is 0. The molecule has 1 aliphatic rings. The van der Waals surface area contributed by atoms with Crippen molar-refractivity contribution in [2.75, 3.05) is 6.54 Å². The van der Waals surface area contributed by atoms with Crippen LogP contribution in [0, 0.1) is 5.82 Å². The first-order valence-corrected chi connectivity index (χ1v) is 8.79. The third-order valence-corrected chi connectivity index (χ3v) is 4.88. The van der Waals surface area contributed by atoms with Crippen LogP contribution >= 0.6 is 0 Å². The van der Waals surface area contributed by atoms with Gasteiger partial charge in [-0.3, -0.25) is 14.7 Å². The van der Waals surface area contributed by atoms with Gasteiger partial charge in [-0.1, -0.05) is 31.5 Å². The van der Waals surface area contributed by atoms with E-state index >= 15 is 0 Å². The number of aromatic nitrogens is 1. The second-order valence-electron chi connectivity index (χ2n) is 6.49. The average molecular weight is 342 g/mol. The molecular weight excluding hydrogens is 319 g/mol. The van der Waals surface area contributed by atoms with Crippen LogP contribution in [0.15, 0.2) is 42.6 Å². The number of aryl methyl sites for hydroxylation is 1. The minimum Gasteiger partial charge on any atom is -0.480 e. The Hall–Kier alpha value is -2.27. The molecule has 1 N–H and O–H groups in total. The second kappa shape index (κ2) is 7.74. The van der Waals surface area contributed by atoms with Crippen LogP contribution in [-0.2, 0) is 11.2 Å². The summed E-state index contributed by atoms with van der Waals surface area (Å²) in [6.07, 6.45) is 5.22. The molecule has 1 aromatic heterocycles.